The fraction of sp³-hybridized carbons (Fsp3) is 0.0714. The van der Waals surface area contributed by atoms with Gasteiger partial charge in [0.15, 0.2) is 0 Å². The molecule has 0 aliphatic carbocycles. The third-order valence-corrected chi connectivity index (χ3v) is 6.55. The summed E-state index contributed by atoms with van der Waals surface area (Å²) in [5.74, 6) is -0.747. The number of aromatic nitrogens is 2. The van der Waals surface area contributed by atoms with Crippen molar-refractivity contribution in [3.05, 3.63) is 33.1 Å². The maximum absolute atomic E-state index is 12.2. The number of nitrogen functional groups attached to an aromatic ring is 1. The monoisotopic (exact) mass is 431 g/mol. The van der Waals surface area contributed by atoms with Gasteiger partial charge in [0.2, 0.25) is 0 Å². The number of thiophene rings is 1. The van der Waals surface area contributed by atoms with Crippen LogP contribution in [0.1, 0.15) is 9.67 Å². The van der Waals surface area contributed by atoms with Gasteiger partial charge in [-0.15, -0.1) is 11.3 Å². The van der Waals surface area contributed by atoms with E-state index in [0.717, 1.165) is 11.3 Å². The zero-order valence-electron chi connectivity index (χ0n) is 13.1. The molecule has 0 bridgehead atoms. The second kappa shape index (κ2) is 6.63. The van der Waals surface area contributed by atoms with Gasteiger partial charge in [-0.2, -0.15) is 0 Å². The zero-order chi connectivity index (χ0) is 19.2. The molecule has 0 spiro atoms. The summed E-state index contributed by atoms with van der Waals surface area (Å²) in [6.45, 7) is 0. The van der Waals surface area contributed by atoms with E-state index in [-0.39, 0.29) is 26.1 Å². The van der Waals surface area contributed by atoms with Crippen LogP contribution in [0.15, 0.2) is 23.4 Å². The predicted molar refractivity (Wildman–Crippen MR) is 102 cm³/mol. The average Bonchev–Trinajstić information content (AvgIpc) is 2.94. The van der Waals surface area contributed by atoms with Crippen LogP contribution in [-0.4, -0.2) is 31.3 Å². The van der Waals surface area contributed by atoms with Crippen molar-refractivity contribution in [2.75, 3.05) is 12.8 Å². The van der Waals surface area contributed by atoms with Crippen LogP contribution < -0.4 is 16.2 Å². The Bertz CT molecular complexity index is 1160. The highest BCUT2D eigenvalue weighted by molar-refractivity contribution is 7.89. The van der Waals surface area contributed by atoms with Crippen molar-refractivity contribution in [2.45, 2.75) is 5.16 Å². The van der Waals surface area contributed by atoms with Crippen molar-refractivity contribution in [2.24, 2.45) is 5.73 Å². The lowest BCUT2D eigenvalue weighted by molar-refractivity contribution is 0.100. The van der Waals surface area contributed by atoms with Crippen LogP contribution in [0.4, 0.5) is 5.69 Å². The molecule has 5 N–H and O–H groups in total. The Labute approximate surface area is 162 Å². The van der Waals surface area contributed by atoms with Gasteiger partial charge >= 0.3 is 0 Å². The van der Waals surface area contributed by atoms with Gasteiger partial charge in [0, 0.05) is 5.56 Å². The topological polar surface area (TPSA) is 141 Å². The van der Waals surface area contributed by atoms with Gasteiger partial charge in [-0.1, -0.05) is 29.3 Å². The number of nitrogens with two attached hydrogens (primary N) is 2. The van der Waals surface area contributed by atoms with Crippen molar-refractivity contribution >= 4 is 66.4 Å². The van der Waals surface area contributed by atoms with Crippen molar-refractivity contribution < 1.29 is 13.2 Å². The molecule has 3 aromatic rings. The Morgan fingerprint density at radius 2 is 1.92 bits per heavy atom. The summed E-state index contributed by atoms with van der Waals surface area (Å²) in [7, 11) is -2.71. The molecule has 0 saturated carbocycles. The number of hydrogen-bond donors (Lipinski definition) is 3. The van der Waals surface area contributed by atoms with E-state index in [2.05, 4.69) is 14.7 Å². The molecule has 0 aliphatic rings. The van der Waals surface area contributed by atoms with Crippen LogP contribution in [0.25, 0.3) is 21.5 Å². The minimum Gasteiger partial charge on any atom is -0.397 e. The lowest BCUT2D eigenvalue weighted by Gasteiger charge is -2.08. The van der Waals surface area contributed by atoms with Crippen molar-refractivity contribution in [3.8, 4) is 11.3 Å². The van der Waals surface area contributed by atoms with Crippen LogP contribution in [0, 0.1) is 0 Å². The summed E-state index contributed by atoms with van der Waals surface area (Å²) < 4.78 is 26.5. The zero-order valence-corrected chi connectivity index (χ0v) is 16.2. The molecule has 8 nitrogen and oxygen atoms in total. The number of amides is 1. The quantitative estimate of drug-likeness (QED) is 0.540. The maximum atomic E-state index is 12.2. The molecule has 0 aliphatic heterocycles. The molecule has 2 heterocycles. The summed E-state index contributed by atoms with van der Waals surface area (Å²) >= 11 is 12.9. The van der Waals surface area contributed by atoms with Crippen LogP contribution in [0.5, 0.6) is 0 Å². The number of sulfonamides is 1. The molecule has 12 heteroatoms. The highest BCUT2D eigenvalue weighted by Crippen LogP contribution is 2.39. The van der Waals surface area contributed by atoms with Gasteiger partial charge in [0.25, 0.3) is 21.1 Å². The van der Waals surface area contributed by atoms with E-state index < -0.39 is 21.1 Å². The molecule has 0 unspecified atom stereocenters. The number of fused-ring (bicyclic) bond motifs is 1. The number of primary amides is 1. The van der Waals surface area contributed by atoms with E-state index in [9.17, 15) is 13.2 Å². The van der Waals surface area contributed by atoms with Crippen LogP contribution in [-0.2, 0) is 10.0 Å². The van der Waals surface area contributed by atoms with E-state index in [4.69, 9.17) is 34.7 Å². The Kier molecular flexibility index (Phi) is 4.80. The number of rotatable bonds is 4. The van der Waals surface area contributed by atoms with Gasteiger partial charge in [0.05, 0.1) is 26.8 Å². The predicted octanol–water partition coefficient (Wildman–Crippen LogP) is 2.25. The first-order chi connectivity index (χ1) is 12.2. The Balaban J connectivity index is 2.44. The summed E-state index contributed by atoms with van der Waals surface area (Å²) in [6.07, 6.45) is 0. The van der Waals surface area contributed by atoms with Crippen molar-refractivity contribution in [1.29, 1.82) is 0 Å². The molecule has 1 amide bonds. The summed E-state index contributed by atoms with van der Waals surface area (Å²) in [5.41, 5.74) is 12.1. The lowest BCUT2D eigenvalue weighted by Crippen LogP contribution is -2.21. The molecule has 0 atom stereocenters. The highest BCUT2D eigenvalue weighted by Gasteiger charge is 2.25. The molecular weight excluding hydrogens is 421 g/mol. The third kappa shape index (κ3) is 3.10. The number of carbonyl (C=O) groups is 1. The molecule has 136 valence electrons. The second-order valence-corrected chi connectivity index (χ2v) is 8.67. The lowest BCUT2D eigenvalue weighted by atomic mass is 10.1. The fourth-order valence-corrected chi connectivity index (χ4v) is 4.16. The van der Waals surface area contributed by atoms with Gasteiger partial charge < -0.3 is 11.5 Å². The van der Waals surface area contributed by atoms with Gasteiger partial charge in [0.1, 0.15) is 9.71 Å². The van der Waals surface area contributed by atoms with Crippen LogP contribution in [0.3, 0.4) is 0 Å². The molecule has 3 rings (SSSR count). The molecule has 1 aromatic carbocycles. The molecule has 0 fully saturated rings. The minimum atomic E-state index is -3.94. The standard InChI is InChI=1S/C14H11Cl2N5O3S2/c1-19-26(23,24)14-20-10(5-2-3-6(15)7(16)4-5)8-9(17)11(12(18)22)25-13(8)21-14/h2-4,19H,17H2,1H3,(H2,18,22). The van der Waals surface area contributed by atoms with E-state index in [1.807, 2.05) is 0 Å². The van der Waals surface area contributed by atoms with Gasteiger partial charge in [-0.25, -0.2) is 23.1 Å². The number of halogens is 2. The third-order valence-electron chi connectivity index (χ3n) is 3.49. The minimum absolute atomic E-state index is 0.0645. The van der Waals surface area contributed by atoms with Crippen LogP contribution >= 0.6 is 34.5 Å². The average molecular weight is 432 g/mol. The van der Waals surface area contributed by atoms with Crippen molar-refractivity contribution in [3.63, 3.8) is 0 Å². The number of hydrogen-bond acceptors (Lipinski definition) is 7. The molecular formula is C14H11Cl2N5O3S2. The Morgan fingerprint density at radius 1 is 1.23 bits per heavy atom. The molecule has 0 radical (unpaired) electrons. The first-order valence-electron chi connectivity index (χ1n) is 6.94. The number of carbonyl (C=O) groups excluding carboxylic acids is 1. The SMILES string of the molecule is CNS(=O)(=O)c1nc(-c2ccc(Cl)c(Cl)c2)c2c(N)c(C(N)=O)sc2n1. The van der Waals surface area contributed by atoms with Crippen LogP contribution in [0.2, 0.25) is 10.0 Å². The maximum Gasteiger partial charge on any atom is 0.276 e. The summed E-state index contributed by atoms with van der Waals surface area (Å²) in [6, 6.07) is 4.66. The summed E-state index contributed by atoms with van der Waals surface area (Å²) in [5, 5.41) is 0.417. The normalized spacial score (nSPS) is 11.8. The molecule has 26 heavy (non-hydrogen) atoms. The number of nitrogens with one attached hydrogen (secondary N) is 1. The van der Waals surface area contributed by atoms with Gasteiger partial charge in [-0.05, 0) is 19.2 Å². The van der Waals surface area contributed by atoms with E-state index in [1.165, 1.54) is 19.2 Å². The van der Waals surface area contributed by atoms with E-state index in [0.29, 0.717) is 16.0 Å². The van der Waals surface area contributed by atoms with E-state index in [1.54, 1.807) is 6.07 Å². The summed E-state index contributed by atoms with van der Waals surface area (Å²) in [4.78, 5) is 20.0. The highest BCUT2D eigenvalue weighted by atomic mass is 35.5. The molecule has 0 saturated heterocycles. The number of benzene rings is 1. The first-order valence-corrected chi connectivity index (χ1v) is 10.00. The second-order valence-electron chi connectivity index (χ2n) is 5.08. The Morgan fingerprint density at radius 3 is 2.50 bits per heavy atom. The number of nitrogens with zero attached hydrogens (tertiary/aromatic N) is 2. The van der Waals surface area contributed by atoms with Crippen molar-refractivity contribution in [1.82, 2.24) is 14.7 Å². The fourth-order valence-electron chi connectivity index (χ4n) is 2.25. The Hall–Kier alpha value is -1.98. The van der Waals surface area contributed by atoms with E-state index >= 15 is 0 Å². The largest absolute Gasteiger partial charge is 0.397 e. The smallest absolute Gasteiger partial charge is 0.276 e. The molecule has 2 aromatic heterocycles. The first kappa shape index (κ1) is 18.8. The van der Waals surface area contributed by atoms with Gasteiger partial charge in [-0.3, -0.25) is 4.79 Å². The number of anilines is 1.